The topological polar surface area (TPSA) is 0 Å². The Bertz CT molecular complexity index is 451. The van der Waals surface area contributed by atoms with E-state index in [1.807, 2.05) is 17.8 Å². The van der Waals surface area contributed by atoms with Crippen LogP contribution in [0.4, 0.5) is 0 Å². The second kappa shape index (κ2) is 5.53. The Morgan fingerprint density at radius 1 is 1.20 bits per heavy atom. The van der Waals surface area contributed by atoms with E-state index in [0.717, 1.165) is 5.75 Å². The van der Waals surface area contributed by atoms with Crippen molar-refractivity contribution in [3.63, 3.8) is 0 Å². The van der Waals surface area contributed by atoms with Gasteiger partial charge in [-0.1, -0.05) is 12.1 Å². The minimum atomic E-state index is 1.03. The second-order valence-corrected chi connectivity index (χ2v) is 6.73. The highest BCUT2D eigenvalue weighted by atomic mass is 79.9. The minimum absolute atomic E-state index is 1.03. The maximum atomic E-state index is 3.55. The molecule has 0 unspecified atom stereocenters. The first-order valence-electron chi connectivity index (χ1n) is 4.36. The Balaban J connectivity index is 2.02. The predicted octanol–water partition coefficient (Wildman–Crippen LogP) is 5.57. The van der Waals surface area contributed by atoms with Crippen LogP contribution in [-0.2, 0) is 5.75 Å². The van der Waals surface area contributed by atoms with Crippen LogP contribution in [0.5, 0.6) is 0 Å². The van der Waals surface area contributed by atoms with Gasteiger partial charge >= 0.3 is 0 Å². The van der Waals surface area contributed by atoms with Gasteiger partial charge in [-0.15, -0.1) is 23.1 Å². The first-order chi connectivity index (χ1) is 7.25. The Morgan fingerprint density at radius 2 is 2.00 bits per heavy atom. The van der Waals surface area contributed by atoms with Gasteiger partial charge in [0.1, 0.15) is 0 Å². The standard InChI is InChI=1S/C11H8Br2S2/c12-8-5-9(14-6-8)7-15-11-4-2-1-3-10(11)13/h1-6H,7H2. The van der Waals surface area contributed by atoms with Crippen molar-refractivity contribution in [2.75, 3.05) is 0 Å². The molecule has 2 rings (SSSR count). The summed E-state index contributed by atoms with van der Waals surface area (Å²) in [6.07, 6.45) is 0. The van der Waals surface area contributed by atoms with Crippen LogP contribution in [0.15, 0.2) is 49.6 Å². The highest BCUT2D eigenvalue weighted by molar-refractivity contribution is 9.10. The molecule has 78 valence electrons. The van der Waals surface area contributed by atoms with Crippen LogP contribution in [0, 0.1) is 0 Å². The first kappa shape index (κ1) is 11.7. The summed E-state index contributed by atoms with van der Waals surface area (Å²) in [4.78, 5) is 2.68. The van der Waals surface area contributed by atoms with Crippen molar-refractivity contribution in [1.29, 1.82) is 0 Å². The Morgan fingerprint density at radius 3 is 2.67 bits per heavy atom. The lowest BCUT2D eigenvalue weighted by Crippen LogP contribution is -1.76. The van der Waals surface area contributed by atoms with Crippen molar-refractivity contribution in [1.82, 2.24) is 0 Å². The number of halogens is 2. The van der Waals surface area contributed by atoms with Crippen LogP contribution < -0.4 is 0 Å². The molecule has 1 aromatic carbocycles. The molecule has 0 radical (unpaired) electrons. The van der Waals surface area contributed by atoms with Gasteiger partial charge in [0.15, 0.2) is 0 Å². The highest BCUT2D eigenvalue weighted by Gasteiger charge is 2.02. The van der Waals surface area contributed by atoms with E-state index in [0.29, 0.717) is 0 Å². The van der Waals surface area contributed by atoms with Gasteiger partial charge < -0.3 is 0 Å². The Labute approximate surface area is 114 Å². The van der Waals surface area contributed by atoms with E-state index in [-0.39, 0.29) is 0 Å². The van der Waals surface area contributed by atoms with Gasteiger partial charge in [0, 0.05) is 29.9 Å². The zero-order chi connectivity index (χ0) is 10.7. The smallest absolute Gasteiger partial charge is 0.0327 e. The number of thiophene rings is 1. The van der Waals surface area contributed by atoms with E-state index in [2.05, 4.69) is 61.5 Å². The third-order valence-electron chi connectivity index (χ3n) is 1.83. The summed E-state index contributed by atoms with van der Waals surface area (Å²) in [5, 5.41) is 2.12. The van der Waals surface area contributed by atoms with Gasteiger partial charge in [0.2, 0.25) is 0 Å². The summed E-state index contributed by atoms with van der Waals surface area (Å²) >= 11 is 10.7. The zero-order valence-electron chi connectivity index (χ0n) is 7.74. The van der Waals surface area contributed by atoms with Crippen molar-refractivity contribution >= 4 is 55.0 Å². The number of rotatable bonds is 3. The monoisotopic (exact) mass is 362 g/mol. The molecule has 1 aromatic heterocycles. The molecule has 1 heterocycles. The summed E-state index contributed by atoms with van der Waals surface area (Å²) in [7, 11) is 0. The lowest BCUT2D eigenvalue weighted by atomic mass is 10.4. The quantitative estimate of drug-likeness (QED) is 0.642. The first-order valence-corrected chi connectivity index (χ1v) is 7.81. The molecule has 0 atom stereocenters. The van der Waals surface area contributed by atoms with Gasteiger partial charge in [-0.2, -0.15) is 0 Å². The molecule has 2 aromatic rings. The largest absolute Gasteiger partial charge is 0.147 e. The zero-order valence-corrected chi connectivity index (χ0v) is 12.5. The molecule has 0 saturated heterocycles. The molecule has 0 spiro atoms. The van der Waals surface area contributed by atoms with E-state index in [1.165, 1.54) is 18.7 Å². The van der Waals surface area contributed by atoms with E-state index in [4.69, 9.17) is 0 Å². The lowest BCUT2D eigenvalue weighted by molar-refractivity contribution is 1.39. The van der Waals surface area contributed by atoms with Gasteiger partial charge in [0.05, 0.1) is 0 Å². The third-order valence-corrected chi connectivity index (χ3v) is 5.78. The molecule has 0 saturated carbocycles. The maximum Gasteiger partial charge on any atom is 0.0327 e. The molecule has 0 N–H and O–H groups in total. The highest BCUT2D eigenvalue weighted by Crippen LogP contribution is 2.32. The molecule has 0 nitrogen and oxygen atoms in total. The third kappa shape index (κ3) is 3.34. The number of hydrogen-bond donors (Lipinski definition) is 0. The Kier molecular flexibility index (Phi) is 4.31. The fraction of sp³-hybridized carbons (Fsp3) is 0.0909. The predicted molar refractivity (Wildman–Crippen MR) is 75.7 cm³/mol. The van der Waals surface area contributed by atoms with Crippen molar-refractivity contribution < 1.29 is 0 Å². The lowest BCUT2D eigenvalue weighted by Gasteiger charge is -2.01. The molecule has 0 aliphatic carbocycles. The van der Waals surface area contributed by atoms with Crippen LogP contribution in [0.25, 0.3) is 0 Å². The van der Waals surface area contributed by atoms with E-state index < -0.39 is 0 Å². The number of benzene rings is 1. The molecule has 0 bridgehead atoms. The van der Waals surface area contributed by atoms with Crippen molar-refractivity contribution in [3.05, 3.63) is 49.5 Å². The molecular formula is C11H8Br2S2. The van der Waals surface area contributed by atoms with Crippen LogP contribution in [0.3, 0.4) is 0 Å². The van der Waals surface area contributed by atoms with Crippen LogP contribution >= 0.6 is 55.0 Å². The minimum Gasteiger partial charge on any atom is -0.147 e. The summed E-state index contributed by atoms with van der Waals surface area (Å²) < 4.78 is 2.35. The maximum absolute atomic E-state index is 3.55. The second-order valence-electron chi connectivity index (χ2n) is 2.95. The molecule has 0 fully saturated rings. The summed E-state index contributed by atoms with van der Waals surface area (Å²) in [6.45, 7) is 0. The average molecular weight is 364 g/mol. The van der Waals surface area contributed by atoms with Crippen molar-refractivity contribution in [2.45, 2.75) is 10.6 Å². The summed E-state index contributed by atoms with van der Waals surface area (Å²) in [5.41, 5.74) is 0. The van der Waals surface area contributed by atoms with Gasteiger partial charge in [-0.25, -0.2) is 0 Å². The number of hydrogen-bond acceptors (Lipinski definition) is 2. The molecular weight excluding hydrogens is 356 g/mol. The van der Waals surface area contributed by atoms with Crippen LogP contribution in [0.2, 0.25) is 0 Å². The van der Waals surface area contributed by atoms with Crippen LogP contribution in [0.1, 0.15) is 4.88 Å². The van der Waals surface area contributed by atoms with Crippen molar-refractivity contribution in [2.24, 2.45) is 0 Å². The molecule has 0 aliphatic heterocycles. The van der Waals surface area contributed by atoms with E-state index >= 15 is 0 Å². The van der Waals surface area contributed by atoms with Gasteiger partial charge in [-0.3, -0.25) is 0 Å². The number of thioether (sulfide) groups is 1. The summed E-state index contributed by atoms with van der Waals surface area (Å²) in [6, 6.07) is 10.5. The van der Waals surface area contributed by atoms with Gasteiger partial charge in [-0.05, 0) is 50.1 Å². The SMILES string of the molecule is Brc1csc(CSc2ccccc2Br)c1. The molecule has 15 heavy (non-hydrogen) atoms. The van der Waals surface area contributed by atoms with Crippen molar-refractivity contribution in [3.8, 4) is 0 Å². The fourth-order valence-corrected chi connectivity index (χ4v) is 4.21. The fourth-order valence-electron chi connectivity index (χ4n) is 1.14. The normalized spacial score (nSPS) is 10.5. The van der Waals surface area contributed by atoms with Crippen LogP contribution in [-0.4, -0.2) is 0 Å². The van der Waals surface area contributed by atoms with Gasteiger partial charge in [0.25, 0.3) is 0 Å². The molecule has 4 heteroatoms. The Hall–Kier alpha value is 0.230. The summed E-state index contributed by atoms with van der Waals surface area (Å²) in [5.74, 6) is 1.03. The average Bonchev–Trinajstić information content (AvgIpc) is 2.63. The molecule has 0 amide bonds. The van der Waals surface area contributed by atoms with E-state index in [1.54, 1.807) is 11.3 Å². The van der Waals surface area contributed by atoms with E-state index in [9.17, 15) is 0 Å². The molecule has 0 aliphatic rings.